The highest BCUT2D eigenvalue weighted by Crippen LogP contribution is 2.35. The molecule has 0 radical (unpaired) electrons. The second-order valence-corrected chi connectivity index (χ2v) is 6.66. The van der Waals surface area contributed by atoms with Crippen molar-refractivity contribution in [2.45, 2.75) is 31.7 Å². The van der Waals surface area contributed by atoms with Gasteiger partial charge >= 0.3 is 0 Å². The van der Waals surface area contributed by atoms with Crippen LogP contribution < -0.4 is 15.5 Å². The van der Waals surface area contributed by atoms with E-state index in [2.05, 4.69) is 16.1 Å². The van der Waals surface area contributed by atoms with E-state index in [4.69, 9.17) is 5.73 Å². The molecule has 1 aromatic carbocycles. The number of carbonyl (C=O) groups excluding carboxylic acids is 1. The van der Waals surface area contributed by atoms with E-state index in [1.807, 2.05) is 30.3 Å². The van der Waals surface area contributed by atoms with E-state index in [0.29, 0.717) is 0 Å². The number of nitrogens with two attached hydrogens (primary N) is 1. The molecule has 1 saturated heterocycles. The zero-order chi connectivity index (χ0) is 16.7. The Morgan fingerprint density at radius 2 is 2.12 bits per heavy atom. The molecule has 24 heavy (non-hydrogen) atoms. The van der Waals surface area contributed by atoms with Gasteiger partial charge in [-0.05, 0) is 43.4 Å². The summed E-state index contributed by atoms with van der Waals surface area (Å²) in [5, 5.41) is 4.20. The summed E-state index contributed by atoms with van der Waals surface area (Å²) in [7, 11) is 1.87. The van der Waals surface area contributed by atoms with Crippen LogP contribution in [0, 0.1) is 0 Å². The van der Waals surface area contributed by atoms with Crippen LogP contribution in [0.5, 0.6) is 0 Å². The van der Waals surface area contributed by atoms with Crippen LogP contribution in [0.25, 0.3) is 0 Å². The number of rotatable bonds is 2. The Hall–Kier alpha value is -2.50. The smallest absolute Gasteiger partial charge is 0.249 e. The molecule has 3 heterocycles. The fourth-order valence-electron chi connectivity index (χ4n) is 3.95. The van der Waals surface area contributed by atoms with Gasteiger partial charge in [0.1, 0.15) is 6.04 Å². The zero-order valence-corrected chi connectivity index (χ0v) is 14.0. The third kappa shape index (κ3) is 2.42. The van der Waals surface area contributed by atoms with Crippen molar-refractivity contribution in [1.82, 2.24) is 9.78 Å². The molecule has 4 rings (SSSR count). The summed E-state index contributed by atoms with van der Waals surface area (Å²) >= 11 is 0. The Morgan fingerprint density at radius 3 is 2.92 bits per heavy atom. The van der Waals surface area contributed by atoms with Crippen molar-refractivity contribution in [2.24, 2.45) is 7.05 Å². The first-order valence-electron chi connectivity index (χ1n) is 8.59. The normalized spacial score (nSPS) is 21.0. The Kier molecular flexibility index (Phi) is 3.67. The van der Waals surface area contributed by atoms with Gasteiger partial charge in [0.25, 0.3) is 0 Å². The first-order valence-corrected chi connectivity index (χ1v) is 8.59. The van der Waals surface area contributed by atoms with E-state index in [9.17, 15) is 4.79 Å². The molecule has 0 bridgehead atoms. The molecule has 1 fully saturated rings. The van der Waals surface area contributed by atoms with Gasteiger partial charge < -0.3 is 15.5 Å². The number of carbonyl (C=O) groups is 1. The number of anilines is 3. The SMILES string of the molecule is Cn1cc(N2CCCC(N3CCCc4c(N)cccc43)C2=O)cn1. The first-order chi connectivity index (χ1) is 11.6. The van der Waals surface area contributed by atoms with Crippen LogP contribution in [0.3, 0.4) is 0 Å². The molecule has 126 valence electrons. The monoisotopic (exact) mass is 325 g/mol. The van der Waals surface area contributed by atoms with Gasteiger partial charge in [-0.2, -0.15) is 5.10 Å². The van der Waals surface area contributed by atoms with Gasteiger partial charge in [-0.1, -0.05) is 6.07 Å². The van der Waals surface area contributed by atoms with Gasteiger partial charge in [-0.3, -0.25) is 9.48 Å². The highest BCUT2D eigenvalue weighted by molar-refractivity contribution is 6.00. The number of nitrogens with zero attached hydrogens (tertiary/aromatic N) is 4. The molecule has 0 spiro atoms. The third-order valence-corrected chi connectivity index (χ3v) is 5.11. The second-order valence-electron chi connectivity index (χ2n) is 6.66. The summed E-state index contributed by atoms with van der Waals surface area (Å²) in [4.78, 5) is 17.3. The Labute approximate surface area is 141 Å². The van der Waals surface area contributed by atoms with Gasteiger partial charge in [0.15, 0.2) is 0 Å². The minimum atomic E-state index is -0.111. The maximum absolute atomic E-state index is 13.1. The molecule has 1 unspecified atom stereocenters. The van der Waals surface area contributed by atoms with E-state index in [1.54, 1.807) is 10.9 Å². The lowest BCUT2D eigenvalue weighted by Crippen LogP contribution is -2.54. The minimum Gasteiger partial charge on any atom is -0.398 e. The largest absolute Gasteiger partial charge is 0.398 e. The summed E-state index contributed by atoms with van der Waals surface area (Å²) in [5.74, 6) is 0.171. The van der Waals surface area contributed by atoms with Crippen molar-refractivity contribution in [3.05, 3.63) is 36.2 Å². The summed E-state index contributed by atoms with van der Waals surface area (Å²) in [6.45, 7) is 1.67. The summed E-state index contributed by atoms with van der Waals surface area (Å²) in [6, 6.07) is 5.92. The predicted octanol–water partition coefficient (Wildman–Crippen LogP) is 1.95. The number of aryl methyl sites for hydroxylation is 1. The maximum atomic E-state index is 13.1. The number of fused-ring (bicyclic) bond motifs is 1. The fourth-order valence-corrected chi connectivity index (χ4v) is 3.95. The highest BCUT2D eigenvalue weighted by atomic mass is 16.2. The van der Waals surface area contributed by atoms with Crippen molar-refractivity contribution in [1.29, 1.82) is 0 Å². The van der Waals surface area contributed by atoms with Crippen molar-refractivity contribution in [3.8, 4) is 0 Å². The minimum absolute atomic E-state index is 0.111. The molecule has 2 N–H and O–H groups in total. The van der Waals surface area contributed by atoms with Gasteiger partial charge in [0.05, 0.1) is 11.9 Å². The summed E-state index contributed by atoms with van der Waals surface area (Å²) in [6.07, 6.45) is 7.59. The van der Waals surface area contributed by atoms with E-state index in [1.165, 1.54) is 5.56 Å². The van der Waals surface area contributed by atoms with E-state index >= 15 is 0 Å². The molecule has 1 amide bonds. The molecule has 1 aromatic heterocycles. The van der Waals surface area contributed by atoms with Crippen LogP contribution in [0.2, 0.25) is 0 Å². The Morgan fingerprint density at radius 1 is 1.25 bits per heavy atom. The average molecular weight is 325 g/mol. The molecule has 2 aliphatic rings. The molecule has 6 nitrogen and oxygen atoms in total. The fraction of sp³-hybridized carbons (Fsp3) is 0.444. The lowest BCUT2D eigenvalue weighted by molar-refractivity contribution is -0.121. The number of aromatic nitrogens is 2. The molecular weight excluding hydrogens is 302 g/mol. The zero-order valence-electron chi connectivity index (χ0n) is 14.0. The standard InChI is InChI=1S/C18H23N5O/c1-21-12-13(11-20-21)22-9-4-8-17(18(22)24)23-10-3-5-14-15(19)6-2-7-16(14)23/h2,6-7,11-12,17H,3-5,8-10,19H2,1H3. The molecule has 2 aromatic rings. The average Bonchev–Trinajstić information content (AvgIpc) is 3.01. The Balaban J connectivity index is 1.65. The van der Waals surface area contributed by atoms with Crippen molar-refractivity contribution >= 4 is 23.0 Å². The topological polar surface area (TPSA) is 67.4 Å². The number of piperidine rings is 1. The van der Waals surface area contributed by atoms with Crippen LogP contribution in [0.15, 0.2) is 30.6 Å². The van der Waals surface area contributed by atoms with Crippen LogP contribution in [0.4, 0.5) is 17.1 Å². The van der Waals surface area contributed by atoms with Crippen molar-refractivity contribution in [2.75, 3.05) is 28.6 Å². The van der Waals surface area contributed by atoms with Gasteiger partial charge in [0.2, 0.25) is 5.91 Å². The van der Waals surface area contributed by atoms with Crippen LogP contribution in [0.1, 0.15) is 24.8 Å². The third-order valence-electron chi connectivity index (χ3n) is 5.11. The van der Waals surface area contributed by atoms with E-state index < -0.39 is 0 Å². The predicted molar refractivity (Wildman–Crippen MR) is 95.1 cm³/mol. The molecule has 0 saturated carbocycles. The van der Waals surface area contributed by atoms with E-state index in [0.717, 1.165) is 55.8 Å². The van der Waals surface area contributed by atoms with Crippen LogP contribution in [-0.2, 0) is 18.3 Å². The van der Waals surface area contributed by atoms with Crippen LogP contribution in [-0.4, -0.2) is 34.8 Å². The van der Waals surface area contributed by atoms with E-state index in [-0.39, 0.29) is 11.9 Å². The summed E-state index contributed by atoms with van der Waals surface area (Å²) in [5.41, 5.74) is 10.2. The van der Waals surface area contributed by atoms with Gasteiger partial charge in [0, 0.05) is 37.7 Å². The molecule has 6 heteroatoms. The van der Waals surface area contributed by atoms with Crippen molar-refractivity contribution in [3.63, 3.8) is 0 Å². The molecule has 1 atom stereocenters. The number of benzene rings is 1. The number of hydrogen-bond donors (Lipinski definition) is 1. The van der Waals surface area contributed by atoms with Crippen molar-refractivity contribution < 1.29 is 4.79 Å². The molecular formula is C18H23N5O. The summed E-state index contributed by atoms with van der Waals surface area (Å²) < 4.78 is 1.74. The molecule has 0 aliphatic carbocycles. The van der Waals surface area contributed by atoms with Gasteiger partial charge in [-0.25, -0.2) is 0 Å². The maximum Gasteiger partial charge on any atom is 0.249 e. The first kappa shape index (κ1) is 15.1. The highest BCUT2D eigenvalue weighted by Gasteiger charge is 2.36. The van der Waals surface area contributed by atoms with Gasteiger partial charge in [-0.15, -0.1) is 0 Å². The lowest BCUT2D eigenvalue weighted by atomic mass is 9.95. The number of hydrogen-bond acceptors (Lipinski definition) is 4. The quantitative estimate of drug-likeness (QED) is 0.857. The lowest BCUT2D eigenvalue weighted by Gasteiger charge is -2.42. The number of amides is 1. The second kappa shape index (κ2) is 5.85. The Bertz CT molecular complexity index is 769. The molecule has 2 aliphatic heterocycles. The van der Waals surface area contributed by atoms with Crippen LogP contribution >= 0.6 is 0 Å². The number of nitrogen functional groups attached to an aromatic ring is 1.